The summed E-state index contributed by atoms with van der Waals surface area (Å²) >= 11 is 0. The highest BCUT2D eigenvalue weighted by molar-refractivity contribution is 5.92. The molecule has 1 atom stereocenters. The van der Waals surface area contributed by atoms with Crippen molar-refractivity contribution in [2.75, 3.05) is 6.54 Å². The third-order valence-corrected chi connectivity index (χ3v) is 2.99. The molecule has 2 heterocycles. The van der Waals surface area contributed by atoms with Gasteiger partial charge in [-0.1, -0.05) is 6.92 Å². The Kier molecular flexibility index (Phi) is 2.71. The van der Waals surface area contributed by atoms with Gasteiger partial charge >= 0.3 is 0 Å². The van der Waals surface area contributed by atoms with Gasteiger partial charge < -0.3 is 11.1 Å². The highest BCUT2D eigenvalue weighted by Gasteiger charge is 2.28. The molecule has 1 unspecified atom stereocenters. The molecule has 1 aromatic heterocycles. The van der Waals surface area contributed by atoms with Gasteiger partial charge in [0.05, 0.1) is 0 Å². The van der Waals surface area contributed by atoms with Crippen LogP contribution >= 0.6 is 0 Å². The first kappa shape index (κ1) is 11.1. The average molecular weight is 222 g/mol. The summed E-state index contributed by atoms with van der Waals surface area (Å²) in [5.41, 5.74) is 7.90. The standard InChI is InChI=1S/C11H18N4O/c1-6(2)15-10-7(3)4-13-5-8(10)9(14-15)11(12)16/h6-7,13H,4-5H2,1-3H3,(H2,12,16). The van der Waals surface area contributed by atoms with Crippen molar-refractivity contribution in [1.29, 1.82) is 0 Å². The van der Waals surface area contributed by atoms with Gasteiger partial charge in [-0.25, -0.2) is 0 Å². The van der Waals surface area contributed by atoms with Gasteiger partial charge in [-0.15, -0.1) is 0 Å². The molecule has 0 spiro atoms. The van der Waals surface area contributed by atoms with Crippen molar-refractivity contribution < 1.29 is 4.79 Å². The molecule has 0 aliphatic carbocycles. The van der Waals surface area contributed by atoms with E-state index >= 15 is 0 Å². The summed E-state index contributed by atoms with van der Waals surface area (Å²) in [7, 11) is 0. The molecular weight excluding hydrogens is 204 g/mol. The first-order valence-electron chi connectivity index (χ1n) is 5.64. The summed E-state index contributed by atoms with van der Waals surface area (Å²) in [5.74, 6) is -0.0710. The molecule has 0 saturated carbocycles. The fraction of sp³-hybridized carbons (Fsp3) is 0.636. The van der Waals surface area contributed by atoms with Crippen LogP contribution < -0.4 is 11.1 Å². The molecule has 0 aromatic carbocycles. The Hall–Kier alpha value is -1.36. The van der Waals surface area contributed by atoms with Crippen LogP contribution in [0.15, 0.2) is 0 Å². The van der Waals surface area contributed by atoms with Gasteiger partial charge in [0.15, 0.2) is 5.69 Å². The molecule has 0 fully saturated rings. The number of nitrogens with two attached hydrogens (primary N) is 1. The van der Waals surface area contributed by atoms with Gasteiger partial charge in [0, 0.05) is 36.3 Å². The largest absolute Gasteiger partial charge is 0.364 e. The van der Waals surface area contributed by atoms with Gasteiger partial charge in [0.25, 0.3) is 5.91 Å². The quantitative estimate of drug-likeness (QED) is 0.776. The van der Waals surface area contributed by atoms with Gasteiger partial charge in [-0.2, -0.15) is 5.10 Å². The predicted molar refractivity (Wildman–Crippen MR) is 61.3 cm³/mol. The Labute approximate surface area is 95.0 Å². The van der Waals surface area contributed by atoms with E-state index in [-0.39, 0.29) is 6.04 Å². The average Bonchev–Trinajstić information content (AvgIpc) is 2.58. The Morgan fingerprint density at radius 1 is 1.62 bits per heavy atom. The minimum Gasteiger partial charge on any atom is -0.364 e. The first-order valence-corrected chi connectivity index (χ1v) is 5.64. The lowest BCUT2D eigenvalue weighted by Gasteiger charge is -2.23. The van der Waals surface area contributed by atoms with Crippen LogP contribution in [0.25, 0.3) is 0 Å². The number of carbonyl (C=O) groups excluding carboxylic acids is 1. The number of amides is 1. The summed E-state index contributed by atoms with van der Waals surface area (Å²) < 4.78 is 1.93. The van der Waals surface area contributed by atoms with E-state index in [1.807, 2.05) is 4.68 Å². The smallest absolute Gasteiger partial charge is 0.269 e. The van der Waals surface area contributed by atoms with Gasteiger partial charge in [-0.3, -0.25) is 9.48 Å². The van der Waals surface area contributed by atoms with Crippen molar-refractivity contribution in [2.45, 2.75) is 39.3 Å². The third-order valence-electron chi connectivity index (χ3n) is 2.99. The summed E-state index contributed by atoms with van der Waals surface area (Å²) in [6.07, 6.45) is 0. The van der Waals surface area contributed by atoms with Crippen molar-refractivity contribution in [3.63, 3.8) is 0 Å². The molecular formula is C11H18N4O. The summed E-state index contributed by atoms with van der Waals surface area (Å²) in [4.78, 5) is 11.3. The molecule has 1 amide bonds. The monoisotopic (exact) mass is 222 g/mol. The van der Waals surface area contributed by atoms with E-state index in [1.54, 1.807) is 0 Å². The number of nitrogens with zero attached hydrogens (tertiary/aromatic N) is 2. The maximum Gasteiger partial charge on any atom is 0.269 e. The molecule has 2 rings (SSSR count). The van der Waals surface area contributed by atoms with E-state index in [1.165, 1.54) is 0 Å². The Balaban J connectivity index is 2.60. The van der Waals surface area contributed by atoms with Crippen molar-refractivity contribution in [1.82, 2.24) is 15.1 Å². The zero-order valence-electron chi connectivity index (χ0n) is 9.95. The summed E-state index contributed by atoms with van der Waals surface area (Å²) in [6.45, 7) is 7.87. The van der Waals surface area contributed by atoms with Crippen LogP contribution in [0.4, 0.5) is 0 Å². The zero-order chi connectivity index (χ0) is 11.9. The number of fused-ring (bicyclic) bond motifs is 1. The second-order valence-electron chi connectivity index (χ2n) is 4.65. The number of nitrogens with one attached hydrogen (secondary N) is 1. The molecule has 5 nitrogen and oxygen atoms in total. The molecule has 0 bridgehead atoms. The predicted octanol–water partition coefficient (Wildman–Crippen LogP) is 0.770. The normalized spacial score (nSPS) is 19.9. The van der Waals surface area contributed by atoms with Crippen LogP contribution in [0.2, 0.25) is 0 Å². The van der Waals surface area contributed by atoms with Gasteiger partial charge in [0.1, 0.15) is 0 Å². The molecule has 1 aliphatic rings. The number of hydrogen-bond acceptors (Lipinski definition) is 3. The number of carbonyl (C=O) groups is 1. The molecule has 16 heavy (non-hydrogen) atoms. The van der Waals surface area contributed by atoms with E-state index in [4.69, 9.17) is 5.73 Å². The van der Waals surface area contributed by atoms with Crippen molar-refractivity contribution in [3.05, 3.63) is 17.0 Å². The molecule has 0 saturated heterocycles. The lowest BCUT2D eigenvalue weighted by atomic mass is 9.97. The van der Waals surface area contributed by atoms with E-state index < -0.39 is 5.91 Å². The first-order chi connectivity index (χ1) is 7.52. The Morgan fingerprint density at radius 2 is 2.31 bits per heavy atom. The maximum absolute atomic E-state index is 11.3. The maximum atomic E-state index is 11.3. The lowest BCUT2D eigenvalue weighted by Crippen LogP contribution is -2.29. The second kappa shape index (κ2) is 3.90. The van der Waals surface area contributed by atoms with Crippen LogP contribution in [-0.4, -0.2) is 22.2 Å². The number of rotatable bonds is 2. The van der Waals surface area contributed by atoms with Crippen LogP contribution in [0.5, 0.6) is 0 Å². The summed E-state index contributed by atoms with van der Waals surface area (Å²) in [5, 5.41) is 7.62. The van der Waals surface area contributed by atoms with Gasteiger partial charge in [-0.05, 0) is 13.8 Å². The minimum absolute atomic E-state index is 0.252. The topological polar surface area (TPSA) is 72.9 Å². The third kappa shape index (κ3) is 1.61. The summed E-state index contributed by atoms with van der Waals surface area (Å²) in [6, 6.07) is 0.252. The fourth-order valence-electron chi connectivity index (χ4n) is 2.28. The molecule has 0 radical (unpaired) electrons. The van der Waals surface area contributed by atoms with Crippen LogP contribution in [0, 0.1) is 0 Å². The van der Waals surface area contributed by atoms with Crippen LogP contribution in [-0.2, 0) is 6.54 Å². The van der Waals surface area contributed by atoms with E-state index in [0.717, 1.165) is 17.8 Å². The van der Waals surface area contributed by atoms with Gasteiger partial charge in [0.2, 0.25) is 0 Å². The SMILES string of the molecule is CC1CNCc2c(C(N)=O)nn(C(C)C)c21. The molecule has 88 valence electrons. The van der Waals surface area contributed by atoms with E-state index in [0.29, 0.717) is 18.2 Å². The molecule has 3 N–H and O–H groups in total. The second-order valence-corrected chi connectivity index (χ2v) is 4.65. The minimum atomic E-state index is -0.438. The molecule has 1 aromatic rings. The van der Waals surface area contributed by atoms with Crippen molar-refractivity contribution >= 4 is 5.91 Å². The van der Waals surface area contributed by atoms with E-state index in [9.17, 15) is 4.79 Å². The van der Waals surface area contributed by atoms with Crippen LogP contribution in [0.3, 0.4) is 0 Å². The Bertz CT molecular complexity index is 422. The number of aromatic nitrogens is 2. The van der Waals surface area contributed by atoms with E-state index in [2.05, 4.69) is 31.2 Å². The molecule has 1 aliphatic heterocycles. The lowest BCUT2D eigenvalue weighted by molar-refractivity contribution is 0.0993. The van der Waals surface area contributed by atoms with Crippen molar-refractivity contribution in [2.24, 2.45) is 5.73 Å². The fourth-order valence-corrected chi connectivity index (χ4v) is 2.28. The highest BCUT2D eigenvalue weighted by atomic mass is 16.1. The van der Waals surface area contributed by atoms with Crippen molar-refractivity contribution in [3.8, 4) is 0 Å². The highest BCUT2D eigenvalue weighted by Crippen LogP contribution is 2.28. The number of hydrogen-bond donors (Lipinski definition) is 2. The van der Waals surface area contributed by atoms with Crippen LogP contribution in [0.1, 0.15) is 54.5 Å². The Morgan fingerprint density at radius 3 is 2.88 bits per heavy atom. The number of primary amides is 1. The molecule has 5 heteroatoms. The zero-order valence-corrected chi connectivity index (χ0v) is 9.95.